The quantitative estimate of drug-likeness (QED) is 0.834. The maximum absolute atomic E-state index is 12.5. The van der Waals surface area contributed by atoms with E-state index in [1.165, 1.54) is 0 Å². The minimum atomic E-state index is -0.197. The first-order chi connectivity index (χ1) is 9.77. The molecule has 1 atom stereocenters. The number of nitrogens with zero attached hydrogens (tertiary/aromatic N) is 1. The molecular formula is C16H25N3O. The van der Waals surface area contributed by atoms with Crippen LogP contribution in [0.3, 0.4) is 0 Å². The van der Waals surface area contributed by atoms with Crippen molar-refractivity contribution in [1.29, 1.82) is 0 Å². The van der Waals surface area contributed by atoms with E-state index in [0.717, 1.165) is 50.9 Å². The molecule has 1 amide bonds. The molecule has 0 radical (unpaired) electrons. The first-order valence-corrected chi connectivity index (χ1v) is 7.66. The van der Waals surface area contributed by atoms with Gasteiger partial charge in [0.15, 0.2) is 0 Å². The van der Waals surface area contributed by atoms with Crippen LogP contribution in [0, 0.1) is 5.41 Å². The van der Waals surface area contributed by atoms with E-state index >= 15 is 0 Å². The fourth-order valence-electron chi connectivity index (χ4n) is 3.00. The van der Waals surface area contributed by atoms with Gasteiger partial charge in [0.25, 0.3) is 0 Å². The summed E-state index contributed by atoms with van der Waals surface area (Å²) in [4.78, 5) is 16.8. The van der Waals surface area contributed by atoms with Gasteiger partial charge >= 0.3 is 0 Å². The van der Waals surface area contributed by atoms with Gasteiger partial charge in [-0.25, -0.2) is 0 Å². The SMILES string of the molecule is CCCC1(C(=O)NCCc2ccccn2)CCCNC1. The first kappa shape index (κ1) is 15.0. The highest BCUT2D eigenvalue weighted by molar-refractivity contribution is 5.83. The fourth-order valence-corrected chi connectivity index (χ4v) is 3.00. The van der Waals surface area contributed by atoms with Crippen LogP contribution in [0.5, 0.6) is 0 Å². The second-order valence-corrected chi connectivity index (χ2v) is 5.64. The number of amides is 1. The molecule has 1 aliphatic heterocycles. The Hall–Kier alpha value is -1.42. The van der Waals surface area contributed by atoms with E-state index in [1.807, 2.05) is 18.2 Å². The van der Waals surface area contributed by atoms with Crippen LogP contribution in [-0.2, 0) is 11.2 Å². The van der Waals surface area contributed by atoms with Gasteiger partial charge in [-0.1, -0.05) is 19.4 Å². The minimum absolute atomic E-state index is 0.197. The summed E-state index contributed by atoms with van der Waals surface area (Å²) in [7, 11) is 0. The van der Waals surface area contributed by atoms with Gasteiger partial charge in [-0.3, -0.25) is 9.78 Å². The summed E-state index contributed by atoms with van der Waals surface area (Å²) in [5.41, 5.74) is 0.830. The van der Waals surface area contributed by atoms with Gasteiger partial charge in [0.1, 0.15) is 0 Å². The molecule has 1 aromatic heterocycles. The summed E-state index contributed by atoms with van der Waals surface area (Å²) in [5, 5.41) is 6.48. The van der Waals surface area contributed by atoms with Crippen LogP contribution in [-0.4, -0.2) is 30.5 Å². The summed E-state index contributed by atoms with van der Waals surface area (Å²) >= 11 is 0. The smallest absolute Gasteiger partial charge is 0.227 e. The van der Waals surface area contributed by atoms with E-state index in [1.54, 1.807) is 6.20 Å². The lowest BCUT2D eigenvalue weighted by Gasteiger charge is -2.36. The van der Waals surface area contributed by atoms with Crippen molar-refractivity contribution in [2.75, 3.05) is 19.6 Å². The number of nitrogens with one attached hydrogen (secondary N) is 2. The van der Waals surface area contributed by atoms with Gasteiger partial charge in [-0.05, 0) is 37.9 Å². The molecule has 0 aliphatic carbocycles. The van der Waals surface area contributed by atoms with Crippen molar-refractivity contribution in [3.05, 3.63) is 30.1 Å². The number of rotatable bonds is 6. The molecule has 110 valence electrons. The standard InChI is InChI=1S/C16H25N3O/c1-2-8-16(9-5-10-17-13-16)15(20)19-12-7-14-6-3-4-11-18-14/h3-4,6,11,17H,2,5,7-10,12-13H2,1H3,(H,19,20). The predicted octanol–water partition coefficient (Wildman–Crippen LogP) is 1.91. The number of hydrogen-bond donors (Lipinski definition) is 2. The summed E-state index contributed by atoms with van der Waals surface area (Å²) in [6.07, 6.45) is 6.70. The number of aromatic nitrogens is 1. The summed E-state index contributed by atoms with van der Waals surface area (Å²) in [6.45, 7) is 4.67. The molecular weight excluding hydrogens is 250 g/mol. The highest BCUT2D eigenvalue weighted by Crippen LogP contribution is 2.31. The van der Waals surface area contributed by atoms with E-state index in [9.17, 15) is 4.79 Å². The maximum atomic E-state index is 12.5. The first-order valence-electron chi connectivity index (χ1n) is 7.66. The van der Waals surface area contributed by atoms with E-state index in [2.05, 4.69) is 22.5 Å². The predicted molar refractivity (Wildman–Crippen MR) is 80.4 cm³/mol. The third kappa shape index (κ3) is 3.79. The van der Waals surface area contributed by atoms with Gasteiger partial charge in [0, 0.05) is 31.4 Å². The van der Waals surface area contributed by atoms with E-state index in [0.29, 0.717) is 6.54 Å². The molecule has 1 saturated heterocycles. The van der Waals surface area contributed by atoms with Gasteiger partial charge in [-0.15, -0.1) is 0 Å². The molecule has 0 saturated carbocycles. The van der Waals surface area contributed by atoms with Gasteiger partial charge in [0.2, 0.25) is 5.91 Å². The molecule has 4 heteroatoms. The zero-order valence-corrected chi connectivity index (χ0v) is 12.3. The molecule has 1 aromatic rings. The minimum Gasteiger partial charge on any atom is -0.355 e. The molecule has 0 aromatic carbocycles. The highest BCUT2D eigenvalue weighted by Gasteiger charge is 2.38. The van der Waals surface area contributed by atoms with Crippen LogP contribution in [0.15, 0.2) is 24.4 Å². The number of pyridine rings is 1. The van der Waals surface area contributed by atoms with Crippen molar-refractivity contribution < 1.29 is 4.79 Å². The van der Waals surface area contributed by atoms with Crippen molar-refractivity contribution in [3.63, 3.8) is 0 Å². The van der Waals surface area contributed by atoms with Gasteiger partial charge in [0.05, 0.1) is 5.41 Å². The molecule has 2 heterocycles. The lowest BCUT2D eigenvalue weighted by atomic mass is 9.76. The average Bonchev–Trinajstić information content (AvgIpc) is 2.49. The Labute approximate surface area is 121 Å². The van der Waals surface area contributed by atoms with E-state index < -0.39 is 0 Å². The molecule has 0 spiro atoms. The third-order valence-corrected chi connectivity index (χ3v) is 4.08. The normalized spacial score (nSPS) is 22.4. The van der Waals surface area contributed by atoms with Crippen molar-refractivity contribution in [2.24, 2.45) is 5.41 Å². The van der Waals surface area contributed by atoms with E-state index in [-0.39, 0.29) is 11.3 Å². The monoisotopic (exact) mass is 275 g/mol. The molecule has 0 bridgehead atoms. The molecule has 1 unspecified atom stereocenters. The lowest BCUT2D eigenvalue weighted by Crippen LogP contribution is -2.50. The second-order valence-electron chi connectivity index (χ2n) is 5.64. The van der Waals surface area contributed by atoms with Crippen LogP contribution in [0.1, 0.15) is 38.3 Å². The van der Waals surface area contributed by atoms with Gasteiger partial charge < -0.3 is 10.6 Å². The van der Waals surface area contributed by atoms with Crippen LogP contribution < -0.4 is 10.6 Å². The Bertz CT molecular complexity index is 407. The lowest BCUT2D eigenvalue weighted by molar-refractivity contribution is -0.132. The summed E-state index contributed by atoms with van der Waals surface area (Å²) in [6, 6.07) is 5.88. The molecule has 4 nitrogen and oxygen atoms in total. The Morgan fingerprint density at radius 2 is 2.40 bits per heavy atom. The van der Waals surface area contributed by atoms with Crippen LogP contribution in [0.25, 0.3) is 0 Å². The number of carbonyl (C=O) groups excluding carboxylic acids is 1. The second kappa shape index (κ2) is 7.39. The molecule has 2 rings (SSSR count). The Morgan fingerprint density at radius 3 is 3.05 bits per heavy atom. The molecule has 1 aliphatic rings. The zero-order valence-electron chi connectivity index (χ0n) is 12.3. The van der Waals surface area contributed by atoms with Crippen molar-refractivity contribution >= 4 is 5.91 Å². The largest absolute Gasteiger partial charge is 0.355 e. The number of carbonyl (C=O) groups is 1. The van der Waals surface area contributed by atoms with Crippen LogP contribution in [0.2, 0.25) is 0 Å². The Kier molecular flexibility index (Phi) is 5.53. The summed E-state index contributed by atoms with van der Waals surface area (Å²) in [5.74, 6) is 0.211. The van der Waals surface area contributed by atoms with Crippen LogP contribution >= 0.6 is 0 Å². The van der Waals surface area contributed by atoms with Crippen LogP contribution in [0.4, 0.5) is 0 Å². The summed E-state index contributed by atoms with van der Waals surface area (Å²) < 4.78 is 0. The van der Waals surface area contributed by atoms with E-state index in [4.69, 9.17) is 0 Å². The molecule has 2 N–H and O–H groups in total. The average molecular weight is 275 g/mol. The Morgan fingerprint density at radius 1 is 1.50 bits per heavy atom. The number of hydrogen-bond acceptors (Lipinski definition) is 3. The fraction of sp³-hybridized carbons (Fsp3) is 0.625. The van der Waals surface area contributed by atoms with Gasteiger partial charge in [-0.2, -0.15) is 0 Å². The molecule has 20 heavy (non-hydrogen) atoms. The zero-order chi connectivity index (χ0) is 14.3. The van der Waals surface area contributed by atoms with Crippen molar-refractivity contribution in [2.45, 2.75) is 39.0 Å². The molecule has 1 fully saturated rings. The highest BCUT2D eigenvalue weighted by atomic mass is 16.2. The van der Waals surface area contributed by atoms with Crippen molar-refractivity contribution in [3.8, 4) is 0 Å². The topological polar surface area (TPSA) is 54.0 Å². The maximum Gasteiger partial charge on any atom is 0.227 e. The Balaban J connectivity index is 1.85. The number of piperidine rings is 1. The third-order valence-electron chi connectivity index (χ3n) is 4.08. The van der Waals surface area contributed by atoms with Crippen molar-refractivity contribution in [1.82, 2.24) is 15.6 Å².